The molecule has 0 saturated heterocycles. The van der Waals surface area contributed by atoms with E-state index < -0.39 is 0 Å². The Balaban J connectivity index is 1.60. The van der Waals surface area contributed by atoms with Crippen molar-refractivity contribution in [3.63, 3.8) is 0 Å². The van der Waals surface area contributed by atoms with Gasteiger partial charge in [0.15, 0.2) is 6.61 Å². The lowest BCUT2D eigenvalue weighted by Gasteiger charge is -2.21. The van der Waals surface area contributed by atoms with Gasteiger partial charge in [0.25, 0.3) is 5.91 Å². The van der Waals surface area contributed by atoms with Gasteiger partial charge >= 0.3 is 0 Å². The minimum atomic E-state index is -0.0670. The molecule has 1 atom stereocenters. The van der Waals surface area contributed by atoms with Crippen LogP contribution in [0.4, 0.5) is 5.69 Å². The van der Waals surface area contributed by atoms with E-state index in [1.807, 2.05) is 55.5 Å². The van der Waals surface area contributed by atoms with Crippen LogP contribution >= 0.6 is 0 Å². The van der Waals surface area contributed by atoms with E-state index in [0.29, 0.717) is 0 Å². The summed E-state index contributed by atoms with van der Waals surface area (Å²) in [4.78, 5) is 19.3. The Morgan fingerprint density at radius 3 is 2.77 bits per heavy atom. The summed E-state index contributed by atoms with van der Waals surface area (Å²) >= 11 is 0. The first-order chi connectivity index (χ1) is 10.8. The molecule has 0 aliphatic carbocycles. The molecule has 0 unspecified atom stereocenters. The fourth-order valence-corrected chi connectivity index (χ4v) is 2.74. The largest absolute Gasteiger partial charge is 0.386 e. The SMILES string of the molecule is C[C@H]1Cc2ccccc2N1C(=O)CO/N=C\c1ccccc1. The molecule has 112 valence electrons. The number of para-hydroxylation sites is 1. The quantitative estimate of drug-likeness (QED) is 0.642. The third-order valence-corrected chi connectivity index (χ3v) is 3.74. The first kappa shape index (κ1) is 14.3. The highest BCUT2D eigenvalue weighted by Gasteiger charge is 2.30. The Hall–Kier alpha value is -2.62. The van der Waals surface area contributed by atoms with Crippen LogP contribution in [0.1, 0.15) is 18.1 Å². The smallest absolute Gasteiger partial charge is 0.268 e. The van der Waals surface area contributed by atoms with Crippen molar-refractivity contribution in [1.29, 1.82) is 0 Å². The third kappa shape index (κ3) is 3.01. The summed E-state index contributed by atoms with van der Waals surface area (Å²) in [6.45, 7) is 1.99. The zero-order valence-electron chi connectivity index (χ0n) is 12.5. The molecule has 4 heteroatoms. The number of hydrogen-bond acceptors (Lipinski definition) is 3. The molecule has 1 aliphatic rings. The molecule has 4 nitrogen and oxygen atoms in total. The highest BCUT2D eigenvalue weighted by molar-refractivity contribution is 5.97. The zero-order chi connectivity index (χ0) is 15.4. The lowest BCUT2D eigenvalue weighted by atomic mass is 10.1. The number of anilines is 1. The minimum Gasteiger partial charge on any atom is -0.386 e. The first-order valence-electron chi connectivity index (χ1n) is 7.36. The van der Waals surface area contributed by atoms with Crippen LogP contribution in [0.3, 0.4) is 0 Å². The van der Waals surface area contributed by atoms with Crippen LogP contribution in [-0.2, 0) is 16.1 Å². The molecular formula is C18H18N2O2. The van der Waals surface area contributed by atoms with Crippen molar-refractivity contribution in [1.82, 2.24) is 0 Å². The summed E-state index contributed by atoms with van der Waals surface area (Å²) in [6, 6.07) is 17.8. The molecular weight excluding hydrogens is 276 g/mol. The molecule has 3 rings (SSSR count). The van der Waals surface area contributed by atoms with E-state index in [4.69, 9.17) is 4.84 Å². The van der Waals surface area contributed by atoms with Gasteiger partial charge in [-0.05, 0) is 30.5 Å². The van der Waals surface area contributed by atoms with E-state index in [2.05, 4.69) is 11.2 Å². The maximum atomic E-state index is 12.4. The number of carbonyl (C=O) groups is 1. The van der Waals surface area contributed by atoms with Crippen LogP contribution in [0.2, 0.25) is 0 Å². The maximum absolute atomic E-state index is 12.4. The van der Waals surface area contributed by atoms with Gasteiger partial charge in [0.05, 0.1) is 6.21 Å². The van der Waals surface area contributed by atoms with Crippen molar-refractivity contribution in [2.75, 3.05) is 11.5 Å². The van der Waals surface area contributed by atoms with E-state index in [0.717, 1.165) is 17.7 Å². The summed E-state index contributed by atoms with van der Waals surface area (Å²) in [6.07, 6.45) is 2.49. The number of amides is 1. The van der Waals surface area contributed by atoms with Gasteiger partial charge in [0, 0.05) is 11.7 Å². The van der Waals surface area contributed by atoms with Crippen LogP contribution in [-0.4, -0.2) is 24.8 Å². The van der Waals surface area contributed by atoms with Crippen molar-refractivity contribution in [2.24, 2.45) is 5.16 Å². The molecule has 0 fully saturated rings. The molecule has 2 aromatic carbocycles. The van der Waals surface area contributed by atoms with Crippen LogP contribution < -0.4 is 4.90 Å². The monoisotopic (exact) mass is 294 g/mol. The highest BCUT2D eigenvalue weighted by atomic mass is 16.6. The van der Waals surface area contributed by atoms with Gasteiger partial charge in [-0.1, -0.05) is 53.7 Å². The number of fused-ring (bicyclic) bond motifs is 1. The van der Waals surface area contributed by atoms with Gasteiger partial charge < -0.3 is 9.74 Å². The third-order valence-electron chi connectivity index (χ3n) is 3.74. The van der Waals surface area contributed by atoms with Crippen molar-refractivity contribution in [3.05, 3.63) is 65.7 Å². The number of carbonyl (C=O) groups excluding carboxylic acids is 1. The van der Waals surface area contributed by atoms with E-state index in [-0.39, 0.29) is 18.6 Å². The van der Waals surface area contributed by atoms with E-state index in [9.17, 15) is 4.79 Å². The predicted octanol–water partition coefficient (Wildman–Crippen LogP) is 3.01. The number of nitrogens with zero attached hydrogens (tertiary/aromatic N) is 2. The second-order valence-electron chi connectivity index (χ2n) is 5.36. The number of hydrogen-bond donors (Lipinski definition) is 0. The minimum absolute atomic E-state index is 0.0536. The lowest BCUT2D eigenvalue weighted by Crippen LogP contribution is -2.37. The fourth-order valence-electron chi connectivity index (χ4n) is 2.74. The van der Waals surface area contributed by atoms with Gasteiger partial charge in [0.2, 0.25) is 0 Å². The number of benzene rings is 2. The average Bonchev–Trinajstić information content (AvgIpc) is 2.88. The molecule has 0 N–H and O–H groups in total. The predicted molar refractivity (Wildman–Crippen MR) is 87.1 cm³/mol. The standard InChI is InChI=1S/C18H18N2O2/c1-14-11-16-9-5-6-10-17(16)20(14)18(21)13-22-19-12-15-7-3-2-4-8-15/h2-10,12,14H,11,13H2,1H3/b19-12-/t14-/m0/s1. The summed E-state index contributed by atoms with van der Waals surface area (Å²) in [5, 5.41) is 3.86. The van der Waals surface area contributed by atoms with Gasteiger partial charge in [-0.3, -0.25) is 4.79 Å². The topological polar surface area (TPSA) is 41.9 Å². The molecule has 1 aliphatic heterocycles. The molecule has 0 bridgehead atoms. The zero-order valence-corrected chi connectivity index (χ0v) is 12.5. The normalized spacial score (nSPS) is 16.8. The average molecular weight is 294 g/mol. The Labute approximate surface area is 130 Å². The van der Waals surface area contributed by atoms with Crippen molar-refractivity contribution >= 4 is 17.8 Å². The van der Waals surface area contributed by atoms with Gasteiger partial charge in [-0.2, -0.15) is 0 Å². The summed E-state index contributed by atoms with van der Waals surface area (Å²) in [7, 11) is 0. The van der Waals surface area contributed by atoms with Crippen molar-refractivity contribution in [2.45, 2.75) is 19.4 Å². The van der Waals surface area contributed by atoms with E-state index >= 15 is 0 Å². The molecule has 1 amide bonds. The van der Waals surface area contributed by atoms with Gasteiger partial charge in [-0.25, -0.2) is 0 Å². The molecule has 0 aromatic heterocycles. The highest BCUT2D eigenvalue weighted by Crippen LogP contribution is 2.31. The van der Waals surface area contributed by atoms with Gasteiger partial charge in [0.1, 0.15) is 0 Å². The Morgan fingerprint density at radius 2 is 1.95 bits per heavy atom. The Morgan fingerprint density at radius 1 is 1.23 bits per heavy atom. The van der Waals surface area contributed by atoms with Crippen LogP contribution in [0.15, 0.2) is 59.8 Å². The number of oxime groups is 1. The Kier molecular flexibility index (Phi) is 4.19. The van der Waals surface area contributed by atoms with Crippen molar-refractivity contribution in [3.8, 4) is 0 Å². The van der Waals surface area contributed by atoms with Crippen LogP contribution in [0, 0.1) is 0 Å². The molecule has 1 heterocycles. The summed E-state index contributed by atoms with van der Waals surface area (Å²) in [5.74, 6) is -0.0670. The fraction of sp³-hybridized carbons (Fsp3) is 0.222. The van der Waals surface area contributed by atoms with Crippen LogP contribution in [0.5, 0.6) is 0 Å². The molecule has 2 aromatic rings. The molecule has 22 heavy (non-hydrogen) atoms. The molecule has 0 radical (unpaired) electrons. The second-order valence-corrected chi connectivity index (χ2v) is 5.36. The lowest BCUT2D eigenvalue weighted by molar-refractivity contribution is -0.123. The second kappa shape index (κ2) is 6.43. The number of rotatable bonds is 4. The molecule has 0 saturated carbocycles. The van der Waals surface area contributed by atoms with E-state index in [1.54, 1.807) is 11.1 Å². The summed E-state index contributed by atoms with van der Waals surface area (Å²) in [5.41, 5.74) is 3.13. The van der Waals surface area contributed by atoms with Gasteiger partial charge in [-0.15, -0.1) is 0 Å². The first-order valence-corrected chi connectivity index (χ1v) is 7.36. The maximum Gasteiger partial charge on any atom is 0.268 e. The molecule has 0 spiro atoms. The Bertz CT molecular complexity index is 682. The summed E-state index contributed by atoms with van der Waals surface area (Å²) < 4.78 is 0. The van der Waals surface area contributed by atoms with Crippen LogP contribution in [0.25, 0.3) is 0 Å². The van der Waals surface area contributed by atoms with E-state index in [1.165, 1.54) is 5.56 Å². The van der Waals surface area contributed by atoms with Crippen molar-refractivity contribution < 1.29 is 9.63 Å².